The summed E-state index contributed by atoms with van der Waals surface area (Å²) in [4.78, 5) is 0. The first-order chi connectivity index (χ1) is 10.2. The Balaban J connectivity index is 1.61. The SMILES string of the molecule is CC1CCCC(NCc2ccc3c(c2)OCCCO3)C1C. The van der Waals surface area contributed by atoms with E-state index in [1.165, 1.54) is 24.8 Å². The van der Waals surface area contributed by atoms with Crippen LogP contribution >= 0.6 is 0 Å². The number of ether oxygens (including phenoxy) is 2. The maximum Gasteiger partial charge on any atom is 0.161 e. The van der Waals surface area contributed by atoms with Crippen LogP contribution < -0.4 is 14.8 Å². The fourth-order valence-corrected chi connectivity index (χ4v) is 3.44. The lowest BCUT2D eigenvalue weighted by atomic mass is 9.78. The zero-order valence-electron chi connectivity index (χ0n) is 13.2. The van der Waals surface area contributed by atoms with Crippen LogP contribution in [0.3, 0.4) is 0 Å². The summed E-state index contributed by atoms with van der Waals surface area (Å²) < 4.78 is 11.4. The van der Waals surface area contributed by atoms with Gasteiger partial charge in [-0.25, -0.2) is 0 Å². The molecule has 1 aromatic carbocycles. The van der Waals surface area contributed by atoms with Gasteiger partial charge in [0.25, 0.3) is 0 Å². The van der Waals surface area contributed by atoms with Crippen LogP contribution in [0.2, 0.25) is 0 Å². The van der Waals surface area contributed by atoms with Crippen LogP contribution in [0.1, 0.15) is 45.1 Å². The number of benzene rings is 1. The summed E-state index contributed by atoms with van der Waals surface area (Å²) in [5.74, 6) is 3.38. The maximum absolute atomic E-state index is 5.77. The van der Waals surface area contributed by atoms with E-state index in [0.717, 1.165) is 49.5 Å². The van der Waals surface area contributed by atoms with Gasteiger partial charge in [0.1, 0.15) is 0 Å². The number of hydrogen-bond donors (Lipinski definition) is 1. The zero-order valence-corrected chi connectivity index (χ0v) is 13.2. The highest BCUT2D eigenvalue weighted by molar-refractivity contribution is 5.43. The van der Waals surface area contributed by atoms with E-state index < -0.39 is 0 Å². The molecule has 1 fully saturated rings. The molecule has 116 valence electrons. The summed E-state index contributed by atoms with van der Waals surface area (Å²) in [6.45, 7) is 7.18. The van der Waals surface area contributed by atoms with E-state index in [1.807, 2.05) is 6.07 Å². The molecule has 0 amide bonds. The Morgan fingerprint density at radius 1 is 1.05 bits per heavy atom. The second-order valence-electron chi connectivity index (χ2n) is 6.59. The van der Waals surface area contributed by atoms with Gasteiger partial charge in [0.15, 0.2) is 11.5 Å². The molecule has 21 heavy (non-hydrogen) atoms. The van der Waals surface area contributed by atoms with Gasteiger partial charge in [0.05, 0.1) is 13.2 Å². The molecule has 3 nitrogen and oxygen atoms in total. The van der Waals surface area contributed by atoms with Gasteiger partial charge in [0.2, 0.25) is 0 Å². The van der Waals surface area contributed by atoms with E-state index in [9.17, 15) is 0 Å². The summed E-state index contributed by atoms with van der Waals surface area (Å²) in [6, 6.07) is 6.97. The van der Waals surface area contributed by atoms with Gasteiger partial charge in [-0.2, -0.15) is 0 Å². The number of nitrogens with one attached hydrogen (secondary N) is 1. The number of fused-ring (bicyclic) bond motifs is 1. The van der Waals surface area contributed by atoms with Gasteiger partial charge in [-0.3, -0.25) is 0 Å². The van der Waals surface area contributed by atoms with E-state index in [-0.39, 0.29) is 0 Å². The average Bonchev–Trinajstić information content (AvgIpc) is 2.73. The van der Waals surface area contributed by atoms with Crippen LogP contribution in [-0.2, 0) is 6.54 Å². The van der Waals surface area contributed by atoms with Crippen LogP contribution in [0.15, 0.2) is 18.2 Å². The molecule has 1 aliphatic heterocycles. The highest BCUT2D eigenvalue weighted by atomic mass is 16.5. The third kappa shape index (κ3) is 3.52. The first-order valence-corrected chi connectivity index (χ1v) is 8.36. The molecular weight excluding hydrogens is 262 g/mol. The molecule has 1 aliphatic carbocycles. The predicted molar refractivity (Wildman–Crippen MR) is 84.9 cm³/mol. The lowest BCUT2D eigenvalue weighted by Crippen LogP contribution is -2.40. The molecule has 0 bridgehead atoms. The minimum absolute atomic E-state index is 0.643. The number of rotatable bonds is 3. The molecule has 3 unspecified atom stereocenters. The molecule has 1 aromatic rings. The van der Waals surface area contributed by atoms with Crippen molar-refractivity contribution >= 4 is 0 Å². The van der Waals surface area contributed by atoms with Gasteiger partial charge in [-0.15, -0.1) is 0 Å². The van der Waals surface area contributed by atoms with E-state index in [2.05, 4.69) is 31.3 Å². The first-order valence-electron chi connectivity index (χ1n) is 8.36. The Morgan fingerprint density at radius 3 is 2.71 bits per heavy atom. The highest BCUT2D eigenvalue weighted by Gasteiger charge is 2.26. The van der Waals surface area contributed by atoms with Gasteiger partial charge in [-0.05, 0) is 36.0 Å². The first kappa shape index (κ1) is 14.7. The van der Waals surface area contributed by atoms with Crippen LogP contribution in [0.5, 0.6) is 11.5 Å². The Kier molecular flexibility index (Phi) is 4.69. The van der Waals surface area contributed by atoms with Crippen LogP contribution in [0, 0.1) is 11.8 Å². The second-order valence-corrected chi connectivity index (χ2v) is 6.59. The van der Waals surface area contributed by atoms with Crippen LogP contribution in [0.25, 0.3) is 0 Å². The van der Waals surface area contributed by atoms with Crippen molar-refractivity contribution in [3.05, 3.63) is 23.8 Å². The minimum atomic E-state index is 0.643. The Labute approximate surface area is 128 Å². The van der Waals surface area contributed by atoms with Gasteiger partial charge < -0.3 is 14.8 Å². The third-order valence-corrected chi connectivity index (χ3v) is 5.09. The van der Waals surface area contributed by atoms with Crippen molar-refractivity contribution in [1.82, 2.24) is 5.32 Å². The van der Waals surface area contributed by atoms with Gasteiger partial charge >= 0.3 is 0 Å². The summed E-state index contributed by atoms with van der Waals surface area (Å²) in [6.07, 6.45) is 4.99. The standard InChI is InChI=1S/C18H27NO2/c1-13-5-3-6-16(14(13)2)19-12-15-7-8-17-18(11-15)21-10-4-9-20-17/h7-8,11,13-14,16,19H,3-6,9-10,12H2,1-2H3. The maximum atomic E-state index is 5.77. The molecule has 1 N–H and O–H groups in total. The molecule has 0 saturated heterocycles. The molecule has 3 heteroatoms. The smallest absolute Gasteiger partial charge is 0.161 e. The molecule has 0 spiro atoms. The van der Waals surface area contributed by atoms with Crippen molar-refractivity contribution in [2.75, 3.05) is 13.2 Å². The lowest BCUT2D eigenvalue weighted by Gasteiger charge is -2.34. The molecular formula is C18H27NO2. The highest BCUT2D eigenvalue weighted by Crippen LogP contribution is 2.32. The van der Waals surface area contributed by atoms with E-state index in [4.69, 9.17) is 9.47 Å². The van der Waals surface area contributed by atoms with E-state index in [1.54, 1.807) is 0 Å². The molecule has 2 aliphatic rings. The Bertz CT molecular complexity index is 474. The largest absolute Gasteiger partial charge is 0.490 e. The van der Waals surface area contributed by atoms with E-state index >= 15 is 0 Å². The van der Waals surface area contributed by atoms with Crippen molar-refractivity contribution in [3.8, 4) is 11.5 Å². The third-order valence-electron chi connectivity index (χ3n) is 5.09. The van der Waals surface area contributed by atoms with E-state index in [0.29, 0.717) is 6.04 Å². The number of hydrogen-bond acceptors (Lipinski definition) is 3. The molecule has 1 saturated carbocycles. The molecule has 0 radical (unpaired) electrons. The normalized spacial score (nSPS) is 29.0. The Hall–Kier alpha value is -1.22. The van der Waals surface area contributed by atoms with Gasteiger partial charge in [0, 0.05) is 19.0 Å². The van der Waals surface area contributed by atoms with Gasteiger partial charge in [-0.1, -0.05) is 32.8 Å². The molecule has 3 rings (SSSR count). The zero-order chi connectivity index (χ0) is 14.7. The Morgan fingerprint density at radius 2 is 1.86 bits per heavy atom. The quantitative estimate of drug-likeness (QED) is 0.919. The van der Waals surface area contributed by atoms with Crippen LogP contribution in [-0.4, -0.2) is 19.3 Å². The summed E-state index contributed by atoms with van der Waals surface area (Å²) in [5, 5.41) is 3.74. The predicted octanol–water partition coefficient (Wildman–Crippen LogP) is 3.76. The van der Waals surface area contributed by atoms with Crippen molar-refractivity contribution in [2.45, 2.75) is 52.1 Å². The molecule has 3 atom stereocenters. The second kappa shape index (κ2) is 6.69. The summed E-state index contributed by atoms with van der Waals surface area (Å²) in [7, 11) is 0. The van der Waals surface area contributed by atoms with Crippen molar-refractivity contribution in [2.24, 2.45) is 11.8 Å². The minimum Gasteiger partial charge on any atom is -0.490 e. The molecule has 0 aromatic heterocycles. The topological polar surface area (TPSA) is 30.5 Å². The van der Waals surface area contributed by atoms with Crippen molar-refractivity contribution in [3.63, 3.8) is 0 Å². The van der Waals surface area contributed by atoms with Crippen molar-refractivity contribution < 1.29 is 9.47 Å². The molecule has 1 heterocycles. The fourth-order valence-electron chi connectivity index (χ4n) is 3.44. The van der Waals surface area contributed by atoms with Crippen LogP contribution in [0.4, 0.5) is 0 Å². The monoisotopic (exact) mass is 289 g/mol. The lowest BCUT2D eigenvalue weighted by molar-refractivity contribution is 0.206. The average molecular weight is 289 g/mol. The van der Waals surface area contributed by atoms with Crippen molar-refractivity contribution in [1.29, 1.82) is 0 Å². The summed E-state index contributed by atoms with van der Waals surface area (Å²) in [5.41, 5.74) is 1.28. The summed E-state index contributed by atoms with van der Waals surface area (Å²) >= 11 is 0. The fraction of sp³-hybridized carbons (Fsp3) is 0.667.